The predicted octanol–water partition coefficient (Wildman–Crippen LogP) is 3.18. The van der Waals surface area contributed by atoms with Crippen molar-refractivity contribution in [3.05, 3.63) is 0 Å². The minimum Gasteiger partial charge on any atom is -0.450 e. The van der Waals surface area contributed by atoms with Crippen LogP contribution in [0.3, 0.4) is 0 Å². The number of unbranched alkanes of at least 4 members (excludes halogenated alkanes) is 2. The van der Waals surface area contributed by atoms with Gasteiger partial charge in [0.1, 0.15) is 0 Å². The third-order valence-corrected chi connectivity index (χ3v) is 2.55. The monoisotopic (exact) mass is 232 g/mol. The van der Waals surface area contributed by atoms with Gasteiger partial charge in [-0.2, -0.15) is 0 Å². The number of aliphatic hydroxyl groups excluding tert-OH is 1. The van der Waals surface area contributed by atoms with E-state index in [9.17, 15) is 4.79 Å². The summed E-state index contributed by atoms with van der Waals surface area (Å²) in [6.07, 6.45) is 7.71. The molecule has 0 spiro atoms. The highest BCUT2D eigenvalue weighted by Gasteiger charge is 2.07. The van der Waals surface area contributed by atoms with Crippen LogP contribution in [0.2, 0.25) is 0 Å². The Morgan fingerprint density at radius 3 is 2.25 bits per heavy atom. The Morgan fingerprint density at radius 1 is 1.25 bits per heavy atom. The van der Waals surface area contributed by atoms with Crippen LogP contribution in [-0.2, 0) is 4.74 Å². The quantitative estimate of drug-likeness (QED) is 0.577. The molecule has 0 saturated heterocycles. The number of hydrogen-bond acceptors (Lipinski definition) is 3. The van der Waals surface area contributed by atoms with Crippen LogP contribution in [0.15, 0.2) is 0 Å². The summed E-state index contributed by atoms with van der Waals surface area (Å²) in [5, 5.41) is 16.9. The lowest BCUT2D eigenvalue weighted by Gasteiger charge is -2.14. The van der Waals surface area contributed by atoms with Crippen LogP contribution >= 0.6 is 0 Å². The average molecular weight is 232 g/mol. The van der Waals surface area contributed by atoms with E-state index in [1.165, 1.54) is 19.3 Å². The molecule has 2 N–H and O–H groups in total. The molecule has 1 saturated carbocycles. The van der Waals surface area contributed by atoms with Gasteiger partial charge in [-0.15, -0.1) is 0 Å². The highest BCUT2D eigenvalue weighted by atomic mass is 16.7. The van der Waals surface area contributed by atoms with Crippen LogP contribution in [0.25, 0.3) is 0 Å². The largest absolute Gasteiger partial charge is 0.505 e. The molecule has 4 nitrogen and oxygen atoms in total. The molecule has 1 fully saturated rings. The molecule has 4 heteroatoms. The highest BCUT2D eigenvalue weighted by molar-refractivity contribution is 5.56. The van der Waals surface area contributed by atoms with Gasteiger partial charge in [0.15, 0.2) is 0 Å². The molecule has 0 aliphatic heterocycles. The summed E-state index contributed by atoms with van der Waals surface area (Å²) >= 11 is 0. The molecule has 0 aromatic rings. The first-order valence-electron chi connectivity index (χ1n) is 6.20. The molecular formula is C12H24O4. The van der Waals surface area contributed by atoms with Crippen molar-refractivity contribution >= 4 is 6.16 Å². The Kier molecular flexibility index (Phi) is 10.2. The number of aliphatic hydroxyl groups is 1. The fourth-order valence-electron chi connectivity index (χ4n) is 1.59. The molecule has 1 aliphatic carbocycles. The van der Waals surface area contributed by atoms with Crippen LogP contribution in [0, 0.1) is 0 Å². The number of carbonyl (C=O) groups is 1. The van der Waals surface area contributed by atoms with E-state index in [4.69, 9.17) is 10.2 Å². The summed E-state index contributed by atoms with van der Waals surface area (Å²) in [7, 11) is 0. The second-order valence-corrected chi connectivity index (χ2v) is 4.11. The molecule has 0 aromatic carbocycles. The lowest BCUT2D eigenvalue weighted by molar-refractivity contribution is 0.0901. The molecule has 0 unspecified atom stereocenters. The second kappa shape index (κ2) is 10.7. The van der Waals surface area contributed by atoms with Crippen molar-refractivity contribution in [2.45, 2.75) is 64.4 Å². The summed E-state index contributed by atoms with van der Waals surface area (Å²) in [5.74, 6) is 0. The zero-order chi connectivity index (χ0) is 12.2. The van der Waals surface area contributed by atoms with Crippen molar-refractivity contribution in [1.29, 1.82) is 0 Å². The fourth-order valence-corrected chi connectivity index (χ4v) is 1.59. The number of hydrogen-bond donors (Lipinski definition) is 2. The molecule has 0 amide bonds. The van der Waals surface area contributed by atoms with E-state index >= 15 is 0 Å². The highest BCUT2D eigenvalue weighted by Crippen LogP contribution is 2.16. The first-order valence-corrected chi connectivity index (χ1v) is 6.20. The van der Waals surface area contributed by atoms with Gasteiger partial charge in [-0.1, -0.05) is 39.0 Å². The van der Waals surface area contributed by atoms with Crippen molar-refractivity contribution < 1.29 is 19.7 Å². The summed E-state index contributed by atoms with van der Waals surface area (Å²) in [4.78, 5) is 9.74. The normalized spacial score (nSPS) is 16.1. The standard InChI is InChI=1S/C6H12O3.C6H12O/c1-2-3-4-5-9-6(7)8;7-6-4-2-1-3-5-6/h2-5H2,1H3,(H,7,8);6-7H,1-5H2. The Labute approximate surface area is 97.6 Å². The van der Waals surface area contributed by atoms with Crippen molar-refractivity contribution in [3.63, 3.8) is 0 Å². The summed E-state index contributed by atoms with van der Waals surface area (Å²) in [6.45, 7) is 2.39. The number of rotatable bonds is 4. The van der Waals surface area contributed by atoms with Gasteiger partial charge in [-0.3, -0.25) is 0 Å². The fraction of sp³-hybridized carbons (Fsp3) is 0.917. The van der Waals surface area contributed by atoms with E-state index in [1.807, 2.05) is 0 Å². The van der Waals surface area contributed by atoms with Gasteiger partial charge < -0.3 is 14.9 Å². The van der Waals surface area contributed by atoms with Gasteiger partial charge >= 0.3 is 6.16 Å². The van der Waals surface area contributed by atoms with Gasteiger partial charge in [0.05, 0.1) is 12.7 Å². The molecule has 1 aliphatic rings. The minimum atomic E-state index is -1.17. The SMILES string of the molecule is CCCCCOC(=O)O.OC1CCCCC1. The smallest absolute Gasteiger partial charge is 0.450 e. The van der Waals surface area contributed by atoms with Gasteiger partial charge in [0, 0.05) is 0 Å². The maximum absolute atomic E-state index is 9.74. The van der Waals surface area contributed by atoms with E-state index < -0.39 is 6.16 Å². The second-order valence-electron chi connectivity index (χ2n) is 4.11. The van der Waals surface area contributed by atoms with E-state index in [0.29, 0.717) is 6.61 Å². The van der Waals surface area contributed by atoms with Crippen LogP contribution < -0.4 is 0 Å². The van der Waals surface area contributed by atoms with Gasteiger partial charge in [-0.05, 0) is 19.3 Å². The third-order valence-electron chi connectivity index (χ3n) is 2.55. The van der Waals surface area contributed by atoms with E-state index in [1.54, 1.807) is 0 Å². The predicted molar refractivity (Wildman–Crippen MR) is 62.6 cm³/mol. The van der Waals surface area contributed by atoms with Gasteiger partial charge in [0.2, 0.25) is 0 Å². The molecule has 0 radical (unpaired) electrons. The molecule has 16 heavy (non-hydrogen) atoms. The van der Waals surface area contributed by atoms with E-state index in [2.05, 4.69) is 11.7 Å². The molecule has 96 valence electrons. The van der Waals surface area contributed by atoms with Crippen LogP contribution in [0.1, 0.15) is 58.3 Å². The van der Waals surface area contributed by atoms with Crippen molar-refractivity contribution in [2.24, 2.45) is 0 Å². The van der Waals surface area contributed by atoms with Gasteiger partial charge in [0.25, 0.3) is 0 Å². The minimum absolute atomic E-state index is 0.0359. The topological polar surface area (TPSA) is 66.8 Å². The Balaban J connectivity index is 0.000000288. The molecule has 0 atom stereocenters. The first-order chi connectivity index (χ1) is 7.66. The lowest BCUT2D eigenvalue weighted by atomic mass is 9.98. The summed E-state index contributed by atoms with van der Waals surface area (Å²) < 4.78 is 4.26. The first kappa shape index (κ1) is 15.2. The van der Waals surface area contributed by atoms with Crippen LogP contribution in [0.5, 0.6) is 0 Å². The maximum Gasteiger partial charge on any atom is 0.505 e. The molecule has 0 heterocycles. The average Bonchev–Trinajstić information content (AvgIpc) is 2.26. The number of carboxylic acid groups (broad SMARTS) is 1. The van der Waals surface area contributed by atoms with E-state index in [0.717, 1.165) is 32.1 Å². The third kappa shape index (κ3) is 11.3. The molecule has 0 aromatic heterocycles. The lowest BCUT2D eigenvalue weighted by Crippen LogP contribution is -2.09. The number of ether oxygens (including phenoxy) is 1. The van der Waals surface area contributed by atoms with Crippen molar-refractivity contribution in [3.8, 4) is 0 Å². The maximum atomic E-state index is 9.74. The van der Waals surface area contributed by atoms with Crippen LogP contribution in [-0.4, -0.2) is 29.1 Å². The summed E-state index contributed by atoms with van der Waals surface area (Å²) in [6, 6.07) is 0. The molecular weight excluding hydrogens is 208 g/mol. The Bertz CT molecular complexity index is 164. The van der Waals surface area contributed by atoms with E-state index in [-0.39, 0.29) is 6.10 Å². The van der Waals surface area contributed by atoms with Crippen LogP contribution in [0.4, 0.5) is 4.79 Å². The van der Waals surface area contributed by atoms with Crippen molar-refractivity contribution in [1.82, 2.24) is 0 Å². The molecule has 1 rings (SSSR count). The summed E-state index contributed by atoms with van der Waals surface area (Å²) in [5.41, 5.74) is 0. The molecule has 0 bridgehead atoms. The Morgan fingerprint density at radius 2 is 1.88 bits per heavy atom. The zero-order valence-corrected chi connectivity index (χ0v) is 10.2. The zero-order valence-electron chi connectivity index (χ0n) is 10.2. The van der Waals surface area contributed by atoms with Gasteiger partial charge in [-0.25, -0.2) is 4.79 Å². The van der Waals surface area contributed by atoms with Crippen molar-refractivity contribution in [2.75, 3.05) is 6.61 Å². The Hall–Kier alpha value is -0.770.